The van der Waals surface area contributed by atoms with E-state index in [0.29, 0.717) is 38.2 Å². The van der Waals surface area contributed by atoms with Crippen LogP contribution in [0.15, 0.2) is 52.1 Å². The molecular formula is C37H34O11. The van der Waals surface area contributed by atoms with Gasteiger partial charge in [0.25, 0.3) is 0 Å². The van der Waals surface area contributed by atoms with E-state index >= 15 is 0 Å². The lowest BCUT2D eigenvalue weighted by molar-refractivity contribution is 0.0342. The molecule has 3 N–H and O–H groups in total. The Balaban J connectivity index is 1.89. The summed E-state index contributed by atoms with van der Waals surface area (Å²) in [5, 5.41) is 35.8. The molecule has 0 heterocycles. The van der Waals surface area contributed by atoms with Crippen LogP contribution in [0.4, 0.5) is 0 Å². The molecule has 2 atom stereocenters. The summed E-state index contributed by atoms with van der Waals surface area (Å²) >= 11 is 0. The van der Waals surface area contributed by atoms with Crippen LogP contribution in [0.5, 0.6) is 34.5 Å². The predicted octanol–water partition coefficient (Wildman–Crippen LogP) is 5.05. The summed E-state index contributed by atoms with van der Waals surface area (Å²) in [5.74, 6) is -1.28. The van der Waals surface area contributed by atoms with Gasteiger partial charge in [0.1, 0.15) is 17.6 Å². The summed E-state index contributed by atoms with van der Waals surface area (Å²) in [6.45, 7) is 3.24. The van der Waals surface area contributed by atoms with Gasteiger partial charge in [-0.25, -0.2) is 4.79 Å². The Morgan fingerprint density at radius 3 is 1.52 bits per heavy atom. The summed E-state index contributed by atoms with van der Waals surface area (Å²) in [4.78, 5) is 40.6. The molecule has 2 unspecified atom stereocenters. The van der Waals surface area contributed by atoms with Crippen molar-refractivity contribution in [2.24, 2.45) is 0 Å². The summed E-state index contributed by atoms with van der Waals surface area (Å²) in [6.07, 6.45) is -1.80. The number of phenols is 2. The summed E-state index contributed by atoms with van der Waals surface area (Å²) in [6, 6.07) is 10.9. The van der Waals surface area contributed by atoms with E-state index in [4.69, 9.17) is 23.7 Å². The van der Waals surface area contributed by atoms with E-state index in [0.717, 1.165) is 0 Å². The Labute approximate surface area is 274 Å². The number of aliphatic hydroxyl groups excluding tert-OH is 1. The molecule has 0 spiro atoms. The number of benzene rings is 6. The molecule has 6 aromatic rings. The zero-order valence-corrected chi connectivity index (χ0v) is 27.2. The lowest BCUT2D eigenvalue weighted by Gasteiger charge is -2.26. The van der Waals surface area contributed by atoms with Gasteiger partial charge in [-0.05, 0) is 36.8 Å². The third-order valence-corrected chi connectivity index (χ3v) is 8.72. The second kappa shape index (κ2) is 12.2. The number of ether oxygens (including phenoxy) is 5. The highest BCUT2D eigenvalue weighted by atomic mass is 16.5. The predicted molar refractivity (Wildman–Crippen MR) is 181 cm³/mol. The lowest BCUT2D eigenvalue weighted by Crippen LogP contribution is -2.19. The van der Waals surface area contributed by atoms with Crippen molar-refractivity contribution >= 4 is 49.1 Å². The van der Waals surface area contributed by atoms with Gasteiger partial charge in [0, 0.05) is 57.6 Å². The topological polar surface area (TPSA) is 158 Å². The first kappa shape index (κ1) is 32.4. The molecule has 0 amide bonds. The third-order valence-electron chi connectivity index (χ3n) is 8.72. The number of rotatable bonds is 10. The molecular weight excluding hydrogens is 620 g/mol. The highest BCUT2D eigenvalue weighted by Gasteiger charge is 2.33. The van der Waals surface area contributed by atoms with Gasteiger partial charge in [-0.1, -0.05) is 18.2 Å². The second-order valence-corrected chi connectivity index (χ2v) is 11.7. The van der Waals surface area contributed by atoms with E-state index in [1.807, 2.05) is 0 Å². The molecule has 0 radical (unpaired) electrons. The number of carbonyl (C=O) groups excluding carboxylic acids is 1. The highest BCUT2D eigenvalue weighted by molar-refractivity contribution is 6.38. The number of aliphatic hydroxyl groups is 1. The molecule has 0 aromatic heterocycles. The van der Waals surface area contributed by atoms with Gasteiger partial charge in [-0.15, -0.1) is 0 Å². The first-order chi connectivity index (χ1) is 23.0. The van der Waals surface area contributed by atoms with Crippen LogP contribution in [0.2, 0.25) is 0 Å². The minimum Gasteiger partial charge on any atom is -0.504 e. The second-order valence-electron chi connectivity index (χ2n) is 11.7. The van der Waals surface area contributed by atoms with Crippen LogP contribution < -0.4 is 29.8 Å². The number of phenolic OH excluding ortho intramolecular Hbond substituents is 2. The third kappa shape index (κ3) is 4.81. The van der Waals surface area contributed by atoms with Gasteiger partial charge in [-0.2, -0.15) is 0 Å². The Bertz CT molecular complexity index is 2330. The van der Waals surface area contributed by atoms with Gasteiger partial charge in [0.15, 0.2) is 33.9 Å². The van der Waals surface area contributed by atoms with E-state index in [1.165, 1.54) is 40.6 Å². The molecule has 0 aliphatic rings. The fraction of sp³-hybridized carbons (Fsp3) is 0.270. The van der Waals surface area contributed by atoms with Gasteiger partial charge < -0.3 is 39.0 Å². The minimum atomic E-state index is -0.946. The van der Waals surface area contributed by atoms with E-state index in [9.17, 15) is 29.7 Å². The van der Waals surface area contributed by atoms with Crippen LogP contribution >= 0.6 is 0 Å². The van der Waals surface area contributed by atoms with Crippen molar-refractivity contribution < 1.29 is 43.8 Å². The summed E-state index contributed by atoms with van der Waals surface area (Å²) < 4.78 is 28.7. The summed E-state index contributed by atoms with van der Waals surface area (Å²) in [5.41, 5.74) is -0.124. The number of methoxy groups -OCH3 is 4. The molecule has 11 nitrogen and oxygen atoms in total. The molecule has 0 aliphatic heterocycles. The molecule has 0 fully saturated rings. The minimum absolute atomic E-state index is 0.0201. The number of carbonyl (C=O) groups is 1. The Hall–Kier alpha value is -5.55. The maximum absolute atomic E-state index is 13.8. The largest absolute Gasteiger partial charge is 0.504 e. The maximum Gasteiger partial charge on any atom is 0.338 e. The zero-order chi connectivity index (χ0) is 34.6. The van der Waals surface area contributed by atoms with Crippen LogP contribution in [0.3, 0.4) is 0 Å². The SMILES string of the molecule is COc1c(O)c2c(=O)cc(OC)c3c4c(OC)cc(=O)c5c(O)c(OC)c(CC(C)OC(=O)c6ccccc6)c(c(c1CC(C)O)c23)c54. The quantitative estimate of drug-likeness (QED) is 0.103. The fourth-order valence-electron chi connectivity index (χ4n) is 6.93. The Morgan fingerprint density at radius 2 is 1.10 bits per heavy atom. The Morgan fingerprint density at radius 1 is 0.646 bits per heavy atom. The molecule has 6 aromatic carbocycles. The van der Waals surface area contributed by atoms with Crippen molar-refractivity contribution in [3.8, 4) is 34.5 Å². The zero-order valence-electron chi connectivity index (χ0n) is 27.2. The molecule has 6 rings (SSSR count). The van der Waals surface area contributed by atoms with E-state index in [-0.39, 0.29) is 57.4 Å². The molecule has 48 heavy (non-hydrogen) atoms. The monoisotopic (exact) mass is 654 g/mol. The molecule has 0 saturated carbocycles. The number of aromatic hydroxyl groups is 2. The number of fused-ring (bicyclic) bond motifs is 2. The van der Waals surface area contributed by atoms with E-state index in [1.54, 1.807) is 44.2 Å². The van der Waals surface area contributed by atoms with Gasteiger partial charge in [0.05, 0.1) is 50.9 Å². The molecule has 0 saturated heterocycles. The first-order valence-corrected chi connectivity index (χ1v) is 15.2. The van der Waals surface area contributed by atoms with Crippen molar-refractivity contribution in [3.05, 3.63) is 79.6 Å². The number of esters is 1. The van der Waals surface area contributed by atoms with Crippen molar-refractivity contribution in [2.75, 3.05) is 28.4 Å². The standard InChI is InChI=1S/C37H34O11/c1-16(38)12-19-25-26-20(13-17(2)48-37(43)18-10-8-7-9-11-18)36(47-6)34(42)28-22(40)15-24(45-4)30(32(26)28)29-23(44-3)14-21(39)27(31(25)29)33(41)35(19)46-5/h7-11,14-17,38,41-42H,12-13H2,1-6H3. The summed E-state index contributed by atoms with van der Waals surface area (Å²) in [7, 11) is 5.45. The van der Waals surface area contributed by atoms with Crippen molar-refractivity contribution in [3.63, 3.8) is 0 Å². The van der Waals surface area contributed by atoms with Crippen LogP contribution in [0, 0.1) is 0 Å². The van der Waals surface area contributed by atoms with E-state index < -0.39 is 40.5 Å². The smallest absolute Gasteiger partial charge is 0.338 e. The molecule has 0 bridgehead atoms. The fourth-order valence-corrected chi connectivity index (χ4v) is 6.93. The van der Waals surface area contributed by atoms with Crippen LogP contribution in [-0.4, -0.2) is 61.9 Å². The van der Waals surface area contributed by atoms with E-state index in [2.05, 4.69) is 0 Å². The lowest BCUT2D eigenvalue weighted by atomic mass is 9.81. The van der Waals surface area contributed by atoms with Crippen molar-refractivity contribution in [1.29, 1.82) is 0 Å². The number of hydrogen-bond acceptors (Lipinski definition) is 11. The van der Waals surface area contributed by atoms with Crippen LogP contribution in [0.25, 0.3) is 43.1 Å². The van der Waals surface area contributed by atoms with Gasteiger partial charge in [-0.3, -0.25) is 9.59 Å². The van der Waals surface area contributed by atoms with Crippen LogP contribution in [0.1, 0.15) is 35.3 Å². The normalized spacial score (nSPS) is 12.9. The van der Waals surface area contributed by atoms with Gasteiger partial charge in [0.2, 0.25) is 0 Å². The maximum atomic E-state index is 13.8. The molecule has 248 valence electrons. The average molecular weight is 655 g/mol. The Kier molecular flexibility index (Phi) is 8.26. The first-order valence-electron chi connectivity index (χ1n) is 15.2. The van der Waals surface area contributed by atoms with Crippen molar-refractivity contribution in [2.45, 2.75) is 38.9 Å². The van der Waals surface area contributed by atoms with Gasteiger partial charge >= 0.3 is 5.97 Å². The average Bonchev–Trinajstić information content (AvgIpc) is 3.05. The number of hydrogen-bond donors (Lipinski definition) is 3. The van der Waals surface area contributed by atoms with Crippen LogP contribution in [-0.2, 0) is 17.6 Å². The van der Waals surface area contributed by atoms with Crippen molar-refractivity contribution in [1.82, 2.24) is 0 Å². The molecule has 0 aliphatic carbocycles. The highest BCUT2D eigenvalue weighted by Crippen LogP contribution is 2.55. The molecule has 11 heteroatoms.